The van der Waals surface area contributed by atoms with Crippen LogP contribution in [0.3, 0.4) is 0 Å². The number of guanidine groups is 1. The number of carboxylic acid groups (broad SMARTS) is 1. The van der Waals surface area contributed by atoms with Gasteiger partial charge in [0.05, 0.1) is 18.0 Å². The molecule has 0 aromatic heterocycles. The number of thioether (sulfide) groups is 2. The molecule has 32 heavy (non-hydrogen) atoms. The molecule has 1 aliphatic heterocycles. The second-order valence-electron chi connectivity index (χ2n) is 7.60. The van der Waals surface area contributed by atoms with Gasteiger partial charge in [0.25, 0.3) is 0 Å². The summed E-state index contributed by atoms with van der Waals surface area (Å²) in [5.74, 6) is -1.53. The highest BCUT2D eigenvalue weighted by Gasteiger charge is 2.37. The third kappa shape index (κ3) is 9.25. The first-order chi connectivity index (χ1) is 15.1. The minimum Gasteiger partial charge on any atom is -0.480 e. The van der Waals surface area contributed by atoms with Gasteiger partial charge in [-0.3, -0.25) is 19.4 Å². The first-order valence-electron chi connectivity index (χ1n) is 10.4. The second kappa shape index (κ2) is 14.2. The van der Waals surface area contributed by atoms with E-state index in [4.69, 9.17) is 17.2 Å². The normalized spacial score (nSPS) is 18.5. The van der Waals surface area contributed by atoms with E-state index in [9.17, 15) is 24.3 Å². The van der Waals surface area contributed by atoms with Crippen molar-refractivity contribution in [2.75, 3.05) is 30.9 Å². The largest absolute Gasteiger partial charge is 0.480 e. The van der Waals surface area contributed by atoms with Crippen LogP contribution in [0.2, 0.25) is 0 Å². The number of carbonyl (C=O) groups is 4. The van der Waals surface area contributed by atoms with Gasteiger partial charge in [-0.1, -0.05) is 11.8 Å². The number of rotatable bonds is 13. The molecule has 13 heteroatoms. The third-order valence-corrected chi connectivity index (χ3v) is 6.92. The molecule has 0 spiro atoms. The Hall–Kier alpha value is -1.99. The molecule has 1 saturated heterocycles. The summed E-state index contributed by atoms with van der Waals surface area (Å²) in [6.45, 7) is 2.33. The molecule has 0 aromatic rings. The highest BCUT2D eigenvalue weighted by atomic mass is 32.2. The summed E-state index contributed by atoms with van der Waals surface area (Å²) >= 11 is 2.42. The van der Waals surface area contributed by atoms with Crippen LogP contribution in [0.5, 0.6) is 0 Å². The Balaban J connectivity index is 2.54. The minimum atomic E-state index is -1.01. The van der Waals surface area contributed by atoms with Crippen molar-refractivity contribution >= 4 is 52.4 Å². The zero-order chi connectivity index (χ0) is 24.3. The summed E-state index contributed by atoms with van der Waals surface area (Å²) in [5.41, 5.74) is 16.3. The van der Waals surface area contributed by atoms with E-state index in [0.717, 1.165) is 11.8 Å². The number of nitrogens with zero attached hydrogens (tertiary/aromatic N) is 2. The number of carboxylic acids is 1. The standard InChI is InChI=1S/C19H34N6O5S2/c1-11(24-15(26)13(20)5-3-7-23-19(21)22)18(30)32-10-12(9-31-2)16(27)25-8-4-6-14(25)17(28)29/h11-14H,3-10,20H2,1-2H3,(H,24,26)(H,28,29)(H4,21,22,23)/t11-,12?,13-,14-/m0/s1. The van der Waals surface area contributed by atoms with E-state index < -0.39 is 35.9 Å². The smallest absolute Gasteiger partial charge is 0.326 e. The predicted molar refractivity (Wildman–Crippen MR) is 127 cm³/mol. The van der Waals surface area contributed by atoms with Gasteiger partial charge in [0.2, 0.25) is 16.9 Å². The number of nitrogens with two attached hydrogens (primary N) is 3. The maximum atomic E-state index is 12.9. The molecule has 182 valence electrons. The van der Waals surface area contributed by atoms with Crippen molar-refractivity contribution in [1.82, 2.24) is 10.2 Å². The van der Waals surface area contributed by atoms with E-state index in [1.807, 2.05) is 6.26 Å². The number of amides is 2. The lowest BCUT2D eigenvalue weighted by Crippen LogP contribution is -2.47. The monoisotopic (exact) mass is 490 g/mol. The summed E-state index contributed by atoms with van der Waals surface area (Å²) in [6.07, 6.45) is 3.82. The van der Waals surface area contributed by atoms with Gasteiger partial charge in [-0.25, -0.2) is 4.79 Å². The lowest BCUT2D eigenvalue weighted by atomic mass is 10.1. The first-order valence-corrected chi connectivity index (χ1v) is 12.8. The van der Waals surface area contributed by atoms with Crippen molar-refractivity contribution in [3.63, 3.8) is 0 Å². The van der Waals surface area contributed by atoms with Crippen LogP contribution in [0.25, 0.3) is 0 Å². The molecular formula is C19H34N6O5S2. The molecule has 1 rings (SSSR count). The molecule has 1 heterocycles. The average Bonchev–Trinajstić information content (AvgIpc) is 3.23. The minimum absolute atomic E-state index is 0.0271. The number of aliphatic carboxylic acids is 1. The van der Waals surface area contributed by atoms with Gasteiger partial charge in [-0.05, 0) is 38.9 Å². The number of hydrogen-bond donors (Lipinski definition) is 5. The zero-order valence-corrected chi connectivity index (χ0v) is 20.1. The Morgan fingerprint density at radius 2 is 1.94 bits per heavy atom. The quantitative estimate of drug-likeness (QED) is 0.124. The van der Waals surface area contributed by atoms with Gasteiger partial charge in [-0.15, -0.1) is 0 Å². The van der Waals surface area contributed by atoms with Crippen LogP contribution in [0, 0.1) is 5.92 Å². The van der Waals surface area contributed by atoms with Crippen LogP contribution in [-0.2, 0) is 19.2 Å². The van der Waals surface area contributed by atoms with Crippen LogP contribution >= 0.6 is 23.5 Å². The topological polar surface area (TPSA) is 194 Å². The van der Waals surface area contributed by atoms with Crippen molar-refractivity contribution in [2.24, 2.45) is 28.1 Å². The SMILES string of the molecule is CSCC(CSC(=O)[C@H](C)NC(=O)[C@@H](N)CCCN=C(N)N)C(=O)N1CCC[C@H]1C(=O)O. The molecule has 1 unspecified atom stereocenters. The van der Waals surface area contributed by atoms with Gasteiger partial charge in [-0.2, -0.15) is 11.8 Å². The van der Waals surface area contributed by atoms with Gasteiger partial charge in [0.15, 0.2) is 5.96 Å². The summed E-state index contributed by atoms with van der Waals surface area (Å²) in [6, 6.07) is -2.38. The number of aliphatic imine (C=N–C) groups is 1. The van der Waals surface area contributed by atoms with Gasteiger partial charge < -0.3 is 32.5 Å². The molecule has 0 aromatic carbocycles. The fourth-order valence-corrected chi connectivity index (χ4v) is 5.00. The van der Waals surface area contributed by atoms with Gasteiger partial charge in [0.1, 0.15) is 6.04 Å². The van der Waals surface area contributed by atoms with Crippen molar-refractivity contribution in [1.29, 1.82) is 0 Å². The van der Waals surface area contributed by atoms with Crippen LogP contribution in [0.15, 0.2) is 4.99 Å². The number of carbonyl (C=O) groups excluding carboxylic acids is 3. The van der Waals surface area contributed by atoms with E-state index in [0.29, 0.717) is 44.5 Å². The molecule has 0 radical (unpaired) electrons. The van der Waals surface area contributed by atoms with E-state index in [-0.39, 0.29) is 22.7 Å². The lowest BCUT2D eigenvalue weighted by molar-refractivity contribution is -0.149. The molecule has 0 bridgehead atoms. The second-order valence-corrected chi connectivity index (χ2v) is 9.53. The van der Waals surface area contributed by atoms with Crippen molar-refractivity contribution in [3.8, 4) is 0 Å². The Bertz CT molecular complexity index is 704. The van der Waals surface area contributed by atoms with Crippen LogP contribution in [0.4, 0.5) is 0 Å². The van der Waals surface area contributed by atoms with Crippen LogP contribution in [0.1, 0.15) is 32.6 Å². The molecule has 8 N–H and O–H groups in total. The summed E-state index contributed by atoms with van der Waals surface area (Å²) in [4.78, 5) is 54.2. The molecular weight excluding hydrogens is 456 g/mol. The molecule has 2 amide bonds. The summed E-state index contributed by atoms with van der Waals surface area (Å²) in [5, 5.41) is 11.6. The van der Waals surface area contributed by atoms with Gasteiger partial charge in [0, 0.05) is 24.6 Å². The Labute approximate surface area is 196 Å². The number of nitrogens with one attached hydrogen (secondary N) is 1. The Morgan fingerprint density at radius 3 is 2.53 bits per heavy atom. The van der Waals surface area contributed by atoms with E-state index in [1.165, 1.54) is 16.7 Å². The first kappa shape index (κ1) is 28.0. The van der Waals surface area contributed by atoms with Crippen LogP contribution in [-0.4, -0.2) is 87.8 Å². The fraction of sp³-hybridized carbons (Fsp3) is 0.737. The van der Waals surface area contributed by atoms with Gasteiger partial charge >= 0.3 is 5.97 Å². The molecule has 1 fully saturated rings. The molecule has 0 aliphatic carbocycles. The van der Waals surface area contributed by atoms with E-state index in [2.05, 4.69) is 10.3 Å². The van der Waals surface area contributed by atoms with E-state index >= 15 is 0 Å². The summed E-state index contributed by atoms with van der Waals surface area (Å²) in [7, 11) is 0. The number of likely N-dealkylation sites (tertiary alicyclic amines) is 1. The maximum absolute atomic E-state index is 12.9. The number of hydrogen-bond acceptors (Lipinski definition) is 8. The zero-order valence-electron chi connectivity index (χ0n) is 18.5. The average molecular weight is 491 g/mol. The van der Waals surface area contributed by atoms with Crippen molar-refractivity contribution in [2.45, 2.75) is 50.7 Å². The Kier molecular flexibility index (Phi) is 12.5. The maximum Gasteiger partial charge on any atom is 0.326 e. The van der Waals surface area contributed by atoms with Crippen LogP contribution < -0.4 is 22.5 Å². The lowest BCUT2D eigenvalue weighted by Gasteiger charge is -2.26. The molecule has 0 saturated carbocycles. The highest BCUT2D eigenvalue weighted by molar-refractivity contribution is 8.13. The Morgan fingerprint density at radius 1 is 1.25 bits per heavy atom. The highest BCUT2D eigenvalue weighted by Crippen LogP contribution is 2.24. The van der Waals surface area contributed by atoms with Crippen molar-refractivity contribution in [3.05, 3.63) is 0 Å². The molecule has 1 aliphatic rings. The fourth-order valence-electron chi connectivity index (χ4n) is 3.25. The predicted octanol–water partition coefficient (Wildman–Crippen LogP) is -0.813. The molecule has 4 atom stereocenters. The molecule has 11 nitrogen and oxygen atoms in total. The van der Waals surface area contributed by atoms with Crippen molar-refractivity contribution < 1.29 is 24.3 Å². The summed E-state index contributed by atoms with van der Waals surface area (Å²) < 4.78 is 0. The van der Waals surface area contributed by atoms with E-state index in [1.54, 1.807) is 6.92 Å². The third-order valence-electron chi connectivity index (χ3n) is 4.98.